The van der Waals surface area contributed by atoms with Crippen LogP contribution in [-0.2, 0) is 4.79 Å². The summed E-state index contributed by atoms with van der Waals surface area (Å²) >= 11 is 1.29. The van der Waals surface area contributed by atoms with E-state index in [0.29, 0.717) is 23.7 Å². The number of nitrogens with one attached hydrogen (secondary N) is 1. The molecule has 1 aromatic heterocycles. The molecule has 6 heteroatoms. The first-order valence-corrected chi connectivity index (χ1v) is 9.37. The highest BCUT2D eigenvalue weighted by atomic mass is 32.2. The standard InChI is InChI=1S/C20H23N3O2S/c1-13-6-5-7-17(10-13)25-9-8-22-19(24)12-26-20-18(11-21)15(3)14(2)16(4)23-20/h5-7,10H,8-9,12H2,1-4H3,(H,22,24). The Morgan fingerprint density at radius 2 is 2.04 bits per heavy atom. The number of thioether (sulfide) groups is 1. The summed E-state index contributed by atoms with van der Waals surface area (Å²) in [7, 11) is 0. The topological polar surface area (TPSA) is 75.0 Å². The zero-order valence-electron chi connectivity index (χ0n) is 15.5. The van der Waals surface area contributed by atoms with E-state index in [-0.39, 0.29) is 11.7 Å². The molecule has 1 N–H and O–H groups in total. The lowest BCUT2D eigenvalue weighted by atomic mass is 10.1. The molecule has 0 atom stereocenters. The second-order valence-corrected chi connectivity index (χ2v) is 7.01. The Kier molecular flexibility index (Phi) is 7.05. The molecule has 1 amide bonds. The van der Waals surface area contributed by atoms with Crippen molar-refractivity contribution in [2.75, 3.05) is 18.9 Å². The number of nitriles is 1. The number of carbonyl (C=O) groups excluding carboxylic acids is 1. The molecule has 0 unspecified atom stereocenters. The maximum Gasteiger partial charge on any atom is 0.230 e. The van der Waals surface area contributed by atoms with E-state index in [1.807, 2.05) is 52.0 Å². The Balaban J connectivity index is 1.81. The number of nitrogens with zero attached hydrogens (tertiary/aromatic N) is 2. The van der Waals surface area contributed by atoms with Crippen molar-refractivity contribution < 1.29 is 9.53 Å². The van der Waals surface area contributed by atoms with E-state index in [1.165, 1.54) is 11.8 Å². The lowest BCUT2D eigenvalue weighted by Crippen LogP contribution is -2.29. The highest BCUT2D eigenvalue weighted by Crippen LogP contribution is 2.26. The molecule has 2 rings (SSSR count). The minimum absolute atomic E-state index is 0.107. The van der Waals surface area contributed by atoms with Gasteiger partial charge in [0.15, 0.2) is 0 Å². The number of amides is 1. The molecular weight excluding hydrogens is 346 g/mol. The quantitative estimate of drug-likeness (QED) is 0.597. The number of hydrogen-bond donors (Lipinski definition) is 1. The third-order valence-corrected chi connectivity index (χ3v) is 5.07. The molecule has 0 aliphatic heterocycles. The molecule has 2 aromatic rings. The van der Waals surface area contributed by atoms with Gasteiger partial charge in [-0.3, -0.25) is 4.79 Å². The Morgan fingerprint density at radius 3 is 2.73 bits per heavy atom. The van der Waals surface area contributed by atoms with Gasteiger partial charge < -0.3 is 10.1 Å². The van der Waals surface area contributed by atoms with Crippen LogP contribution in [0.1, 0.15) is 27.9 Å². The molecule has 0 aliphatic rings. The molecule has 26 heavy (non-hydrogen) atoms. The molecular formula is C20H23N3O2S. The molecule has 1 heterocycles. The van der Waals surface area contributed by atoms with Crippen molar-refractivity contribution in [2.24, 2.45) is 0 Å². The average molecular weight is 369 g/mol. The molecule has 0 aliphatic carbocycles. The molecule has 0 saturated carbocycles. The minimum atomic E-state index is -0.107. The smallest absolute Gasteiger partial charge is 0.230 e. The van der Waals surface area contributed by atoms with Crippen LogP contribution in [0.15, 0.2) is 29.3 Å². The van der Waals surface area contributed by atoms with E-state index < -0.39 is 0 Å². The van der Waals surface area contributed by atoms with Gasteiger partial charge in [0.2, 0.25) is 5.91 Å². The Bertz CT molecular complexity index is 844. The second-order valence-electron chi connectivity index (χ2n) is 6.04. The van der Waals surface area contributed by atoms with Gasteiger partial charge in [0.25, 0.3) is 0 Å². The monoisotopic (exact) mass is 369 g/mol. The van der Waals surface area contributed by atoms with Crippen LogP contribution in [0.25, 0.3) is 0 Å². The van der Waals surface area contributed by atoms with Gasteiger partial charge in [-0.1, -0.05) is 23.9 Å². The van der Waals surface area contributed by atoms with Gasteiger partial charge in [-0.05, 0) is 56.5 Å². The van der Waals surface area contributed by atoms with Crippen molar-refractivity contribution in [3.05, 3.63) is 52.2 Å². The summed E-state index contributed by atoms with van der Waals surface area (Å²) in [6.07, 6.45) is 0. The van der Waals surface area contributed by atoms with E-state index in [2.05, 4.69) is 16.4 Å². The number of rotatable bonds is 7. The first kappa shape index (κ1) is 19.8. The van der Waals surface area contributed by atoms with Gasteiger partial charge in [0.05, 0.1) is 17.9 Å². The molecule has 0 fully saturated rings. The normalized spacial score (nSPS) is 10.3. The third kappa shape index (κ3) is 5.24. The molecule has 0 spiro atoms. The van der Waals surface area contributed by atoms with Crippen molar-refractivity contribution in [3.8, 4) is 11.8 Å². The lowest BCUT2D eigenvalue weighted by molar-refractivity contribution is -0.118. The van der Waals surface area contributed by atoms with Crippen molar-refractivity contribution in [1.29, 1.82) is 5.26 Å². The predicted molar refractivity (Wildman–Crippen MR) is 104 cm³/mol. The fourth-order valence-corrected chi connectivity index (χ4v) is 3.31. The largest absolute Gasteiger partial charge is 0.492 e. The Labute approximate surface area is 158 Å². The number of benzene rings is 1. The SMILES string of the molecule is Cc1cccc(OCCNC(=O)CSc2nc(C)c(C)c(C)c2C#N)c1. The van der Waals surface area contributed by atoms with E-state index in [0.717, 1.165) is 28.1 Å². The summed E-state index contributed by atoms with van der Waals surface area (Å²) in [6, 6.07) is 9.98. The van der Waals surface area contributed by atoms with Gasteiger partial charge >= 0.3 is 0 Å². The minimum Gasteiger partial charge on any atom is -0.492 e. The first-order valence-electron chi connectivity index (χ1n) is 8.39. The lowest BCUT2D eigenvalue weighted by Gasteiger charge is -2.11. The van der Waals surface area contributed by atoms with Gasteiger partial charge in [0.1, 0.15) is 23.5 Å². The van der Waals surface area contributed by atoms with Crippen molar-refractivity contribution in [2.45, 2.75) is 32.7 Å². The Morgan fingerprint density at radius 1 is 1.27 bits per heavy atom. The second kappa shape index (κ2) is 9.25. The fourth-order valence-electron chi connectivity index (χ4n) is 2.40. The summed E-state index contributed by atoms with van der Waals surface area (Å²) in [5, 5.41) is 12.8. The van der Waals surface area contributed by atoms with E-state index in [9.17, 15) is 10.1 Å². The number of ether oxygens (including phenoxy) is 1. The zero-order chi connectivity index (χ0) is 19.1. The maximum absolute atomic E-state index is 12.0. The zero-order valence-corrected chi connectivity index (χ0v) is 16.4. The Hall–Kier alpha value is -2.52. The van der Waals surface area contributed by atoms with Crippen molar-refractivity contribution in [3.63, 3.8) is 0 Å². The fraction of sp³-hybridized carbons (Fsp3) is 0.350. The van der Waals surface area contributed by atoms with Crippen LogP contribution >= 0.6 is 11.8 Å². The third-order valence-electron chi connectivity index (χ3n) is 4.10. The van der Waals surface area contributed by atoms with Gasteiger partial charge in [-0.15, -0.1) is 0 Å². The summed E-state index contributed by atoms with van der Waals surface area (Å²) in [5.74, 6) is 0.903. The van der Waals surface area contributed by atoms with Gasteiger partial charge in [-0.25, -0.2) is 4.98 Å². The predicted octanol–water partition coefficient (Wildman–Crippen LogP) is 3.47. The molecule has 0 radical (unpaired) electrons. The highest BCUT2D eigenvalue weighted by molar-refractivity contribution is 8.00. The van der Waals surface area contributed by atoms with Crippen LogP contribution in [-0.4, -0.2) is 29.8 Å². The van der Waals surface area contributed by atoms with Crippen molar-refractivity contribution in [1.82, 2.24) is 10.3 Å². The van der Waals surface area contributed by atoms with E-state index >= 15 is 0 Å². The van der Waals surface area contributed by atoms with E-state index in [4.69, 9.17) is 4.74 Å². The average Bonchev–Trinajstić information content (AvgIpc) is 2.62. The van der Waals surface area contributed by atoms with Crippen LogP contribution in [0.5, 0.6) is 5.75 Å². The number of aryl methyl sites for hydroxylation is 2. The maximum atomic E-state index is 12.0. The number of aromatic nitrogens is 1. The summed E-state index contributed by atoms with van der Waals surface area (Å²) in [4.78, 5) is 16.5. The van der Waals surface area contributed by atoms with Crippen LogP contribution in [0, 0.1) is 39.0 Å². The van der Waals surface area contributed by atoms with E-state index in [1.54, 1.807) is 0 Å². The summed E-state index contributed by atoms with van der Waals surface area (Å²) in [5.41, 5.74) is 4.51. The molecule has 5 nitrogen and oxygen atoms in total. The summed E-state index contributed by atoms with van der Waals surface area (Å²) in [6.45, 7) is 8.62. The number of pyridine rings is 1. The molecule has 0 saturated heterocycles. The van der Waals surface area contributed by atoms with Gasteiger partial charge in [0, 0.05) is 5.69 Å². The number of hydrogen-bond acceptors (Lipinski definition) is 5. The first-order chi connectivity index (χ1) is 12.4. The highest BCUT2D eigenvalue weighted by Gasteiger charge is 2.14. The summed E-state index contributed by atoms with van der Waals surface area (Å²) < 4.78 is 5.60. The van der Waals surface area contributed by atoms with Crippen LogP contribution < -0.4 is 10.1 Å². The van der Waals surface area contributed by atoms with Crippen LogP contribution in [0.2, 0.25) is 0 Å². The number of carbonyl (C=O) groups is 1. The van der Waals surface area contributed by atoms with Crippen LogP contribution in [0.3, 0.4) is 0 Å². The molecule has 136 valence electrons. The van der Waals surface area contributed by atoms with Crippen LogP contribution in [0.4, 0.5) is 0 Å². The van der Waals surface area contributed by atoms with Crippen molar-refractivity contribution >= 4 is 17.7 Å². The molecule has 0 bridgehead atoms. The molecule has 1 aromatic carbocycles. The van der Waals surface area contributed by atoms with Gasteiger partial charge in [-0.2, -0.15) is 5.26 Å².